The van der Waals surface area contributed by atoms with Crippen LogP contribution in [0.25, 0.3) is 0 Å². The summed E-state index contributed by atoms with van der Waals surface area (Å²) in [6.45, 7) is 9.30. The van der Waals surface area contributed by atoms with Crippen LogP contribution in [0.4, 0.5) is 4.39 Å². The van der Waals surface area contributed by atoms with Crippen LogP contribution >= 0.6 is 11.6 Å². The molecule has 2 rings (SSSR count). The fraction of sp³-hybridized carbons (Fsp3) is 0.625. The predicted octanol–water partition coefficient (Wildman–Crippen LogP) is 3.83. The molecule has 0 spiro atoms. The third-order valence-electron chi connectivity index (χ3n) is 4.66. The lowest BCUT2D eigenvalue weighted by Gasteiger charge is -2.46. The van der Waals surface area contributed by atoms with E-state index in [1.54, 1.807) is 6.07 Å². The van der Waals surface area contributed by atoms with Crippen molar-refractivity contribution >= 4 is 11.6 Å². The molecular formula is C16H24ClFN2. The van der Waals surface area contributed by atoms with E-state index in [1.807, 2.05) is 6.07 Å². The van der Waals surface area contributed by atoms with Crippen LogP contribution in [-0.4, -0.2) is 29.6 Å². The SMILES string of the molecule is CCC1(CC)CN(Cc2cccc(F)c2Cl)C(C)CN1. The van der Waals surface area contributed by atoms with Gasteiger partial charge in [0.25, 0.3) is 0 Å². The summed E-state index contributed by atoms with van der Waals surface area (Å²) in [4.78, 5) is 2.41. The Morgan fingerprint density at radius 2 is 2.10 bits per heavy atom. The summed E-state index contributed by atoms with van der Waals surface area (Å²) < 4.78 is 13.6. The second kappa shape index (κ2) is 6.42. The summed E-state index contributed by atoms with van der Waals surface area (Å²) in [5, 5.41) is 3.94. The molecule has 1 aliphatic heterocycles. The minimum absolute atomic E-state index is 0.173. The van der Waals surface area contributed by atoms with Gasteiger partial charge in [0, 0.05) is 31.2 Å². The van der Waals surface area contributed by atoms with Crippen LogP contribution in [0.5, 0.6) is 0 Å². The number of halogens is 2. The number of benzene rings is 1. The van der Waals surface area contributed by atoms with E-state index >= 15 is 0 Å². The second-order valence-corrected chi connectivity index (χ2v) is 6.21. The van der Waals surface area contributed by atoms with Gasteiger partial charge in [-0.25, -0.2) is 4.39 Å². The number of nitrogens with zero attached hydrogens (tertiary/aromatic N) is 1. The average molecular weight is 299 g/mol. The van der Waals surface area contributed by atoms with Gasteiger partial charge in [0.2, 0.25) is 0 Å². The third-order valence-corrected chi connectivity index (χ3v) is 5.08. The van der Waals surface area contributed by atoms with Gasteiger partial charge in [-0.3, -0.25) is 4.90 Å². The van der Waals surface area contributed by atoms with Crippen molar-refractivity contribution in [3.63, 3.8) is 0 Å². The zero-order chi connectivity index (χ0) is 14.8. The topological polar surface area (TPSA) is 15.3 Å². The standard InChI is InChI=1S/C16H24ClFN2/c1-4-16(5-2)11-20(12(3)9-19-16)10-13-7-6-8-14(18)15(13)17/h6-8,12,19H,4-5,9-11H2,1-3H3. The zero-order valence-electron chi connectivity index (χ0n) is 12.5. The molecule has 1 N–H and O–H groups in total. The highest BCUT2D eigenvalue weighted by molar-refractivity contribution is 6.31. The monoisotopic (exact) mass is 298 g/mol. The number of hydrogen-bond donors (Lipinski definition) is 1. The Kier molecular flexibility index (Phi) is 5.05. The van der Waals surface area contributed by atoms with E-state index in [0.29, 0.717) is 12.6 Å². The molecule has 0 bridgehead atoms. The fourth-order valence-electron chi connectivity index (χ4n) is 2.92. The summed E-state index contributed by atoms with van der Waals surface area (Å²) in [7, 11) is 0. The van der Waals surface area contributed by atoms with Crippen LogP contribution in [0.3, 0.4) is 0 Å². The summed E-state index contributed by atoms with van der Waals surface area (Å²) in [6.07, 6.45) is 2.20. The molecule has 2 nitrogen and oxygen atoms in total. The minimum Gasteiger partial charge on any atom is -0.308 e. The Hall–Kier alpha value is -0.640. The van der Waals surface area contributed by atoms with Crippen molar-refractivity contribution in [3.8, 4) is 0 Å². The Bertz CT molecular complexity index is 460. The molecule has 1 aliphatic rings. The normalized spacial score (nSPS) is 22.9. The van der Waals surface area contributed by atoms with Crippen molar-refractivity contribution in [2.24, 2.45) is 0 Å². The molecule has 0 aromatic heterocycles. The molecule has 4 heteroatoms. The van der Waals surface area contributed by atoms with Crippen LogP contribution in [0, 0.1) is 5.82 Å². The molecule has 1 heterocycles. The second-order valence-electron chi connectivity index (χ2n) is 5.84. The Morgan fingerprint density at radius 1 is 1.40 bits per heavy atom. The van der Waals surface area contributed by atoms with Gasteiger partial charge in [0.05, 0.1) is 5.02 Å². The molecule has 0 saturated carbocycles. The first kappa shape index (κ1) is 15.7. The number of hydrogen-bond acceptors (Lipinski definition) is 2. The summed E-state index contributed by atoms with van der Waals surface area (Å²) >= 11 is 6.08. The molecule has 1 atom stereocenters. The van der Waals surface area contributed by atoms with Crippen molar-refractivity contribution in [3.05, 3.63) is 34.6 Å². The van der Waals surface area contributed by atoms with E-state index in [1.165, 1.54) is 6.07 Å². The first-order valence-electron chi connectivity index (χ1n) is 7.43. The first-order valence-corrected chi connectivity index (χ1v) is 7.81. The third kappa shape index (κ3) is 3.16. The lowest BCUT2D eigenvalue weighted by atomic mass is 9.88. The molecule has 1 fully saturated rings. The zero-order valence-corrected chi connectivity index (χ0v) is 13.3. The van der Waals surface area contributed by atoms with E-state index in [9.17, 15) is 4.39 Å². The lowest BCUT2D eigenvalue weighted by Crippen LogP contribution is -2.62. The van der Waals surface area contributed by atoms with Crippen LogP contribution < -0.4 is 5.32 Å². The predicted molar refractivity (Wildman–Crippen MR) is 82.6 cm³/mol. The molecule has 0 radical (unpaired) electrons. The van der Waals surface area contributed by atoms with Gasteiger partial charge >= 0.3 is 0 Å². The number of rotatable bonds is 4. The van der Waals surface area contributed by atoms with Crippen molar-refractivity contribution in [1.29, 1.82) is 0 Å². The Balaban J connectivity index is 2.16. The van der Waals surface area contributed by atoms with Crippen molar-refractivity contribution in [2.45, 2.75) is 51.7 Å². The van der Waals surface area contributed by atoms with E-state index in [0.717, 1.165) is 31.5 Å². The lowest BCUT2D eigenvalue weighted by molar-refractivity contribution is 0.0745. The molecule has 0 amide bonds. The molecular weight excluding hydrogens is 275 g/mol. The Morgan fingerprint density at radius 3 is 2.75 bits per heavy atom. The van der Waals surface area contributed by atoms with Crippen molar-refractivity contribution in [2.75, 3.05) is 13.1 Å². The highest BCUT2D eigenvalue weighted by Crippen LogP contribution is 2.27. The molecule has 1 saturated heterocycles. The smallest absolute Gasteiger partial charge is 0.142 e. The summed E-state index contributed by atoms with van der Waals surface area (Å²) in [5.74, 6) is -0.329. The van der Waals surface area contributed by atoms with E-state index in [-0.39, 0.29) is 16.4 Å². The van der Waals surface area contributed by atoms with Crippen LogP contribution in [0.15, 0.2) is 18.2 Å². The van der Waals surface area contributed by atoms with E-state index in [2.05, 4.69) is 31.0 Å². The van der Waals surface area contributed by atoms with Gasteiger partial charge in [-0.05, 0) is 31.4 Å². The first-order chi connectivity index (χ1) is 9.51. The highest BCUT2D eigenvalue weighted by atomic mass is 35.5. The maximum absolute atomic E-state index is 13.6. The van der Waals surface area contributed by atoms with Gasteiger partial charge in [-0.15, -0.1) is 0 Å². The summed E-state index contributed by atoms with van der Waals surface area (Å²) in [6, 6.07) is 5.49. The maximum Gasteiger partial charge on any atom is 0.142 e. The fourth-order valence-corrected chi connectivity index (χ4v) is 3.10. The molecule has 1 aromatic carbocycles. The minimum atomic E-state index is -0.329. The van der Waals surface area contributed by atoms with Gasteiger partial charge in [-0.2, -0.15) is 0 Å². The van der Waals surface area contributed by atoms with Gasteiger partial charge in [0.1, 0.15) is 5.82 Å². The Labute approximate surface area is 126 Å². The van der Waals surface area contributed by atoms with E-state index < -0.39 is 0 Å². The molecule has 1 aromatic rings. The number of piperazine rings is 1. The van der Waals surface area contributed by atoms with Gasteiger partial charge in [-0.1, -0.05) is 37.6 Å². The average Bonchev–Trinajstić information content (AvgIpc) is 2.46. The molecule has 1 unspecified atom stereocenters. The largest absolute Gasteiger partial charge is 0.308 e. The van der Waals surface area contributed by atoms with Crippen molar-refractivity contribution in [1.82, 2.24) is 10.2 Å². The highest BCUT2D eigenvalue weighted by Gasteiger charge is 2.35. The van der Waals surface area contributed by atoms with Crippen LogP contribution in [0.2, 0.25) is 5.02 Å². The quantitative estimate of drug-likeness (QED) is 0.909. The van der Waals surface area contributed by atoms with Crippen molar-refractivity contribution < 1.29 is 4.39 Å². The molecule has 112 valence electrons. The summed E-state index contributed by atoms with van der Waals surface area (Å²) in [5.41, 5.74) is 1.05. The van der Waals surface area contributed by atoms with Gasteiger partial charge < -0.3 is 5.32 Å². The van der Waals surface area contributed by atoms with Crippen LogP contribution in [0.1, 0.15) is 39.2 Å². The van der Waals surface area contributed by atoms with Crippen LogP contribution in [-0.2, 0) is 6.54 Å². The maximum atomic E-state index is 13.6. The number of nitrogens with one attached hydrogen (secondary N) is 1. The van der Waals surface area contributed by atoms with Gasteiger partial charge in [0.15, 0.2) is 0 Å². The molecule has 0 aliphatic carbocycles. The van der Waals surface area contributed by atoms with E-state index in [4.69, 9.17) is 11.6 Å². The molecule has 20 heavy (non-hydrogen) atoms.